The van der Waals surface area contributed by atoms with Crippen LogP contribution in [-0.4, -0.2) is 27.7 Å². The number of rotatable bonds is 4. The predicted octanol–water partition coefficient (Wildman–Crippen LogP) is 2.92. The van der Waals surface area contributed by atoms with Crippen LogP contribution in [0.1, 0.15) is 0 Å². The number of hydrogen-bond donors (Lipinski definition) is 2. The minimum atomic E-state index is -0.369. The average molecular weight is 309 g/mol. The summed E-state index contributed by atoms with van der Waals surface area (Å²) in [5.74, 6) is 0.359. The smallest absolute Gasteiger partial charge is 0.323 e. The van der Waals surface area contributed by atoms with Gasteiger partial charge in [0.05, 0.1) is 13.4 Å². The topological polar surface area (TPSA) is 81.1 Å². The van der Waals surface area contributed by atoms with Crippen LogP contribution >= 0.6 is 0 Å². The number of aromatic nitrogens is 3. The molecule has 116 valence electrons. The first-order valence-electron chi connectivity index (χ1n) is 6.91. The monoisotopic (exact) mass is 309 g/mol. The van der Waals surface area contributed by atoms with Gasteiger partial charge in [-0.2, -0.15) is 0 Å². The van der Waals surface area contributed by atoms with E-state index in [1.165, 1.54) is 7.11 Å². The summed E-state index contributed by atoms with van der Waals surface area (Å²) in [5.41, 5.74) is 2.14. The molecule has 2 heterocycles. The van der Waals surface area contributed by atoms with Crippen molar-refractivity contribution in [3.05, 3.63) is 61.3 Å². The highest BCUT2D eigenvalue weighted by Crippen LogP contribution is 2.20. The van der Waals surface area contributed by atoms with Gasteiger partial charge in [-0.05, 0) is 36.4 Å². The molecular formula is C16H15N5O2. The Kier molecular flexibility index (Phi) is 4.19. The molecule has 0 fully saturated rings. The van der Waals surface area contributed by atoms with Gasteiger partial charge in [0, 0.05) is 30.0 Å². The number of amides is 2. The molecule has 0 saturated carbocycles. The van der Waals surface area contributed by atoms with Crippen molar-refractivity contribution in [2.24, 2.45) is 0 Å². The van der Waals surface area contributed by atoms with Crippen LogP contribution in [0.25, 0.3) is 5.69 Å². The Bertz CT molecular complexity index is 784. The second kappa shape index (κ2) is 6.61. The van der Waals surface area contributed by atoms with Gasteiger partial charge in [-0.3, -0.25) is 0 Å². The molecule has 7 nitrogen and oxygen atoms in total. The molecule has 0 saturated heterocycles. The molecule has 0 unspecified atom stereocenters. The highest BCUT2D eigenvalue weighted by atomic mass is 16.5. The number of ether oxygens (including phenoxy) is 1. The number of imidazole rings is 1. The molecule has 0 radical (unpaired) electrons. The van der Waals surface area contributed by atoms with Gasteiger partial charge in [-0.25, -0.2) is 14.8 Å². The van der Waals surface area contributed by atoms with Crippen molar-refractivity contribution in [2.75, 3.05) is 17.7 Å². The summed E-state index contributed by atoms with van der Waals surface area (Å²) in [5, 5.41) is 5.46. The quantitative estimate of drug-likeness (QED) is 0.776. The molecule has 0 spiro atoms. The summed E-state index contributed by atoms with van der Waals surface area (Å²) in [6.07, 6.45) is 6.87. The number of pyridine rings is 1. The fourth-order valence-corrected chi connectivity index (χ4v) is 2.06. The predicted molar refractivity (Wildman–Crippen MR) is 87.0 cm³/mol. The van der Waals surface area contributed by atoms with Gasteiger partial charge in [0.1, 0.15) is 5.69 Å². The van der Waals surface area contributed by atoms with Gasteiger partial charge in [0.25, 0.3) is 0 Å². The Hall–Kier alpha value is -3.35. The van der Waals surface area contributed by atoms with Gasteiger partial charge in [-0.15, -0.1) is 0 Å². The Morgan fingerprint density at radius 1 is 1.13 bits per heavy atom. The van der Waals surface area contributed by atoms with Crippen molar-refractivity contribution in [3.8, 4) is 11.6 Å². The zero-order chi connectivity index (χ0) is 16.1. The minimum absolute atomic E-state index is 0.359. The maximum absolute atomic E-state index is 12.0. The molecule has 0 aliphatic rings. The third kappa shape index (κ3) is 3.46. The molecule has 7 heteroatoms. The molecule has 2 aromatic heterocycles. The fourth-order valence-electron chi connectivity index (χ4n) is 2.06. The van der Waals surface area contributed by atoms with Crippen molar-refractivity contribution in [1.82, 2.24) is 14.5 Å². The summed E-state index contributed by atoms with van der Waals surface area (Å²) in [6.45, 7) is 0. The van der Waals surface area contributed by atoms with E-state index >= 15 is 0 Å². The van der Waals surface area contributed by atoms with Crippen LogP contribution in [0.2, 0.25) is 0 Å². The Morgan fingerprint density at radius 2 is 1.96 bits per heavy atom. The number of nitrogens with zero attached hydrogens (tertiary/aromatic N) is 3. The molecule has 0 bridgehead atoms. The lowest BCUT2D eigenvalue weighted by atomic mass is 10.3. The van der Waals surface area contributed by atoms with Crippen molar-refractivity contribution in [2.45, 2.75) is 0 Å². The number of benzene rings is 1. The van der Waals surface area contributed by atoms with E-state index in [2.05, 4.69) is 20.6 Å². The maximum Gasteiger partial charge on any atom is 0.323 e. The number of urea groups is 1. The summed E-state index contributed by atoms with van der Waals surface area (Å²) < 4.78 is 6.97. The molecular weight excluding hydrogens is 294 g/mol. The van der Waals surface area contributed by atoms with E-state index in [1.54, 1.807) is 30.9 Å². The molecule has 3 rings (SSSR count). The van der Waals surface area contributed by atoms with Crippen molar-refractivity contribution < 1.29 is 9.53 Å². The molecule has 1 aromatic carbocycles. The number of hydrogen-bond acceptors (Lipinski definition) is 4. The third-order valence-electron chi connectivity index (χ3n) is 3.14. The lowest BCUT2D eigenvalue weighted by Crippen LogP contribution is -2.20. The molecule has 0 aliphatic heterocycles. The first-order valence-corrected chi connectivity index (χ1v) is 6.91. The Morgan fingerprint density at radius 3 is 2.65 bits per heavy atom. The average Bonchev–Trinajstić information content (AvgIpc) is 3.10. The van der Waals surface area contributed by atoms with Crippen LogP contribution in [0, 0.1) is 0 Å². The number of carbonyl (C=O) groups is 1. The van der Waals surface area contributed by atoms with Crippen LogP contribution in [0.4, 0.5) is 16.2 Å². The van der Waals surface area contributed by atoms with Crippen molar-refractivity contribution >= 4 is 17.4 Å². The number of nitrogens with one attached hydrogen (secondary N) is 2. The maximum atomic E-state index is 12.0. The highest BCUT2D eigenvalue weighted by Gasteiger charge is 2.08. The Balaban J connectivity index is 1.66. The zero-order valence-electron chi connectivity index (χ0n) is 12.4. The van der Waals surface area contributed by atoms with E-state index in [-0.39, 0.29) is 6.03 Å². The number of carbonyl (C=O) groups excluding carboxylic acids is 1. The molecule has 2 amide bonds. The van der Waals surface area contributed by atoms with E-state index in [4.69, 9.17) is 4.74 Å². The molecule has 0 atom stereocenters. The first kappa shape index (κ1) is 14.6. The van der Waals surface area contributed by atoms with Gasteiger partial charge in [0.15, 0.2) is 0 Å². The standard InChI is InChI=1S/C16H15N5O2/c1-23-15-14(3-2-8-18-15)20-16(22)19-12-4-6-13(7-5-12)21-10-9-17-11-21/h2-11H,1H3,(H2,19,20,22). The van der Waals surface area contributed by atoms with Crippen LogP contribution in [0.15, 0.2) is 61.3 Å². The second-order valence-corrected chi connectivity index (χ2v) is 4.66. The van der Waals surface area contributed by atoms with Gasteiger partial charge in [0.2, 0.25) is 5.88 Å². The van der Waals surface area contributed by atoms with Crippen molar-refractivity contribution in [1.29, 1.82) is 0 Å². The molecule has 23 heavy (non-hydrogen) atoms. The van der Waals surface area contributed by atoms with Crippen LogP contribution in [0.5, 0.6) is 5.88 Å². The summed E-state index contributed by atoms with van der Waals surface area (Å²) in [4.78, 5) is 20.1. The van der Waals surface area contributed by atoms with Gasteiger partial charge < -0.3 is 19.9 Å². The van der Waals surface area contributed by atoms with Crippen LogP contribution in [0.3, 0.4) is 0 Å². The van der Waals surface area contributed by atoms with Gasteiger partial charge in [-0.1, -0.05) is 0 Å². The minimum Gasteiger partial charge on any atom is -0.480 e. The molecule has 3 aromatic rings. The summed E-state index contributed by atoms with van der Waals surface area (Å²) >= 11 is 0. The van der Waals surface area contributed by atoms with Crippen LogP contribution < -0.4 is 15.4 Å². The van der Waals surface area contributed by atoms with E-state index in [9.17, 15) is 4.79 Å². The van der Waals surface area contributed by atoms with E-state index in [0.717, 1.165) is 5.69 Å². The zero-order valence-corrected chi connectivity index (χ0v) is 12.4. The SMILES string of the molecule is COc1ncccc1NC(=O)Nc1ccc(-n2ccnc2)cc1. The van der Waals surface area contributed by atoms with E-state index in [1.807, 2.05) is 35.0 Å². The highest BCUT2D eigenvalue weighted by molar-refractivity contribution is 6.00. The Labute approximate surface area is 133 Å². The van der Waals surface area contributed by atoms with Crippen LogP contribution in [-0.2, 0) is 0 Å². The lowest BCUT2D eigenvalue weighted by molar-refractivity contribution is 0.262. The molecule has 2 N–H and O–H groups in total. The summed E-state index contributed by atoms with van der Waals surface area (Å²) in [7, 11) is 1.50. The largest absolute Gasteiger partial charge is 0.480 e. The second-order valence-electron chi connectivity index (χ2n) is 4.66. The van der Waals surface area contributed by atoms with Crippen molar-refractivity contribution in [3.63, 3.8) is 0 Å². The number of anilines is 2. The lowest BCUT2D eigenvalue weighted by Gasteiger charge is -2.10. The van der Waals surface area contributed by atoms with E-state index < -0.39 is 0 Å². The third-order valence-corrected chi connectivity index (χ3v) is 3.14. The van der Waals surface area contributed by atoms with E-state index in [0.29, 0.717) is 17.3 Å². The number of methoxy groups -OCH3 is 1. The molecule has 0 aliphatic carbocycles. The first-order chi connectivity index (χ1) is 11.3. The summed E-state index contributed by atoms with van der Waals surface area (Å²) in [6, 6.07) is 10.5. The normalized spacial score (nSPS) is 10.1. The van der Waals surface area contributed by atoms with Gasteiger partial charge >= 0.3 is 6.03 Å². The fraction of sp³-hybridized carbons (Fsp3) is 0.0625.